The zero-order valence-corrected chi connectivity index (χ0v) is 10.6. The van der Waals surface area contributed by atoms with Crippen LogP contribution in [-0.4, -0.2) is 22.9 Å². The van der Waals surface area contributed by atoms with Gasteiger partial charge in [-0.05, 0) is 12.1 Å². The van der Waals surface area contributed by atoms with E-state index < -0.39 is 10.1 Å². The molecule has 2 N–H and O–H groups in total. The van der Waals surface area contributed by atoms with E-state index in [0.717, 1.165) is 5.56 Å². The van der Waals surface area contributed by atoms with Crippen LogP contribution in [0.4, 0.5) is 0 Å². The number of H-pyrrole nitrogens is 1. The molecule has 0 unspecified atom stereocenters. The van der Waals surface area contributed by atoms with Gasteiger partial charge in [0, 0.05) is 5.56 Å². The van der Waals surface area contributed by atoms with Crippen LogP contribution in [-0.2, 0) is 10.1 Å². The molecule has 0 radical (unpaired) electrons. The average Bonchev–Trinajstić information content (AvgIpc) is 2.82. The highest BCUT2D eigenvalue weighted by atomic mass is 32.2. The van der Waals surface area contributed by atoms with Gasteiger partial charge in [-0.3, -0.25) is 4.55 Å². The Labute approximate surface area is 109 Å². The van der Waals surface area contributed by atoms with Crippen LogP contribution in [0.25, 0.3) is 22.4 Å². The average molecular weight is 274 g/mol. The standard InChI is InChI=1S/C13H10N2O3S/c16-19(17,18)11-8-4-7-10-12(11)15-13(14-10)9-5-2-1-3-6-9/h1-8H,(H,14,15)(H,16,17,18). The number of imidazole rings is 1. The number of rotatable bonds is 2. The van der Waals surface area contributed by atoms with Gasteiger partial charge < -0.3 is 4.98 Å². The molecule has 3 aromatic rings. The van der Waals surface area contributed by atoms with Gasteiger partial charge in [-0.1, -0.05) is 36.4 Å². The maximum absolute atomic E-state index is 11.3. The number of hydrogen-bond donors (Lipinski definition) is 2. The van der Waals surface area contributed by atoms with Gasteiger partial charge in [-0.15, -0.1) is 0 Å². The second kappa shape index (κ2) is 4.18. The minimum absolute atomic E-state index is 0.191. The van der Waals surface area contributed by atoms with Gasteiger partial charge in [0.1, 0.15) is 16.2 Å². The molecule has 0 bridgehead atoms. The SMILES string of the molecule is O=S(=O)(O)c1cccc2[nH]c(-c3ccccc3)nc12. The van der Waals surface area contributed by atoms with Crippen LogP contribution < -0.4 is 0 Å². The fraction of sp³-hybridized carbons (Fsp3) is 0. The topological polar surface area (TPSA) is 83.0 Å². The number of aromatic amines is 1. The van der Waals surface area contributed by atoms with Crippen molar-refractivity contribution >= 4 is 21.2 Å². The number of fused-ring (bicyclic) bond motifs is 1. The summed E-state index contributed by atoms with van der Waals surface area (Å²) in [6.07, 6.45) is 0. The summed E-state index contributed by atoms with van der Waals surface area (Å²) in [4.78, 5) is 7.10. The Morgan fingerprint density at radius 3 is 2.42 bits per heavy atom. The molecule has 1 aromatic heterocycles. The zero-order chi connectivity index (χ0) is 13.5. The summed E-state index contributed by atoms with van der Waals surface area (Å²) in [5.74, 6) is 0.562. The van der Waals surface area contributed by atoms with Crippen molar-refractivity contribution in [3.05, 3.63) is 48.5 Å². The lowest BCUT2D eigenvalue weighted by molar-refractivity contribution is 0.484. The first kappa shape index (κ1) is 11.9. The second-order valence-corrected chi connectivity index (χ2v) is 5.47. The normalized spacial score (nSPS) is 11.8. The molecule has 1 heterocycles. The highest BCUT2D eigenvalue weighted by molar-refractivity contribution is 7.86. The first-order chi connectivity index (χ1) is 9.05. The minimum atomic E-state index is -4.28. The van der Waals surface area contributed by atoms with Crippen molar-refractivity contribution < 1.29 is 13.0 Å². The molecule has 0 atom stereocenters. The molecule has 96 valence electrons. The van der Waals surface area contributed by atoms with Crippen molar-refractivity contribution in [3.8, 4) is 11.4 Å². The highest BCUT2D eigenvalue weighted by Gasteiger charge is 2.17. The van der Waals surface area contributed by atoms with E-state index in [0.29, 0.717) is 11.3 Å². The molecule has 0 fully saturated rings. The Balaban J connectivity index is 2.28. The lowest BCUT2D eigenvalue weighted by Gasteiger charge is -1.96. The van der Waals surface area contributed by atoms with Crippen LogP contribution in [0.1, 0.15) is 0 Å². The Morgan fingerprint density at radius 2 is 1.74 bits per heavy atom. The van der Waals surface area contributed by atoms with Crippen molar-refractivity contribution in [2.24, 2.45) is 0 Å². The highest BCUT2D eigenvalue weighted by Crippen LogP contribution is 2.25. The fourth-order valence-corrected chi connectivity index (χ4v) is 2.60. The van der Waals surface area contributed by atoms with Crippen LogP contribution in [0, 0.1) is 0 Å². The van der Waals surface area contributed by atoms with E-state index in [9.17, 15) is 13.0 Å². The second-order valence-electron chi connectivity index (χ2n) is 4.08. The quantitative estimate of drug-likeness (QED) is 0.703. The largest absolute Gasteiger partial charge is 0.338 e. The lowest BCUT2D eigenvalue weighted by Crippen LogP contribution is -1.98. The fourth-order valence-electron chi connectivity index (χ4n) is 1.95. The molecule has 0 amide bonds. The molecule has 2 aromatic carbocycles. The summed E-state index contributed by atoms with van der Waals surface area (Å²) in [6.45, 7) is 0. The molecule has 0 aliphatic rings. The predicted octanol–water partition coefficient (Wildman–Crippen LogP) is 2.48. The first-order valence-electron chi connectivity index (χ1n) is 5.57. The Kier molecular flexibility index (Phi) is 2.62. The Hall–Kier alpha value is -2.18. The van der Waals surface area contributed by atoms with Crippen LogP contribution in [0.3, 0.4) is 0 Å². The van der Waals surface area contributed by atoms with E-state index >= 15 is 0 Å². The van der Waals surface area contributed by atoms with Crippen LogP contribution in [0.15, 0.2) is 53.4 Å². The molecular weight excluding hydrogens is 264 g/mol. The van der Waals surface area contributed by atoms with Crippen molar-refractivity contribution in [1.82, 2.24) is 9.97 Å². The lowest BCUT2D eigenvalue weighted by atomic mass is 10.2. The zero-order valence-electron chi connectivity index (χ0n) is 9.74. The van der Waals surface area contributed by atoms with Gasteiger partial charge in [0.2, 0.25) is 0 Å². The van der Waals surface area contributed by atoms with Crippen molar-refractivity contribution in [2.75, 3.05) is 0 Å². The number of benzene rings is 2. The van der Waals surface area contributed by atoms with Gasteiger partial charge in [0.25, 0.3) is 10.1 Å². The van der Waals surface area contributed by atoms with Crippen LogP contribution in [0.5, 0.6) is 0 Å². The number of nitrogens with one attached hydrogen (secondary N) is 1. The molecule has 19 heavy (non-hydrogen) atoms. The van der Waals surface area contributed by atoms with E-state index in [1.807, 2.05) is 30.3 Å². The maximum atomic E-state index is 11.3. The van der Waals surface area contributed by atoms with Crippen molar-refractivity contribution in [3.63, 3.8) is 0 Å². The van der Waals surface area contributed by atoms with Crippen molar-refractivity contribution in [2.45, 2.75) is 4.90 Å². The van der Waals surface area contributed by atoms with Gasteiger partial charge in [0.15, 0.2) is 0 Å². The Bertz CT molecular complexity index is 839. The van der Waals surface area contributed by atoms with Gasteiger partial charge in [-0.2, -0.15) is 8.42 Å². The first-order valence-corrected chi connectivity index (χ1v) is 7.01. The van der Waals surface area contributed by atoms with E-state index in [-0.39, 0.29) is 10.4 Å². The molecule has 3 rings (SSSR count). The minimum Gasteiger partial charge on any atom is -0.338 e. The van der Waals surface area contributed by atoms with Gasteiger partial charge >= 0.3 is 0 Å². The number of aromatic nitrogens is 2. The third-order valence-corrected chi connectivity index (χ3v) is 3.69. The summed E-state index contributed by atoms with van der Waals surface area (Å²) in [7, 11) is -4.28. The number of para-hydroxylation sites is 1. The summed E-state index contributed by atoms with van der Waals surface area (Å²) >= 11 is 0. The summed E-state index contributed by atoms with van der Waals surface area (Å²) in [5.41, 5.74) is 1.65. The maximum Gasteiger partial charge on any atom is 0.296 e. The van der Waals surface area contributed by atoms with Crippen LogP contribution in [0.2, 0.25) is 0 Å². The molecule has 0 saturated heterocycles. The number of nitrogens with zero attached hydrogens (tertiary/aromatic N) is 1. The van der Waals surface area contributed by atoms with Crippen molar-refractivity contribution in [1.29, 1.82) is 0 Å². The predicted molar refractivity (Wildman–Crippen MR) is 71.3 cm³/mol. The van der Waals surface area contributed by atoms with E-state index in [1.165, 1.54) is 6.07 Å². The summed E-state index contributed by atoms with van der Waals surface area (Å²) < 4.78 is 31.8. The molecule has 0 aliphatic carbocycles. The monoisotopic (exact) mass is 274 g/mol. The molecule has 0 aliphatic heterocycles. The Morgan fingerprint density at radius 1 is 1.00 bits per heavy atom. The van der Waals surface area contributed by atoms with Gasteiger partial charge in [0.05, 0.1) is 5.52 Å². The third-order valence-electron chi connectivity index (χ3n) is 2.80. The van der Waals surface area contributed by atoms with E-state index in [1.54, 1.807) is 12.1 Å². The van der Waals surface area contributed by atoms with E-state index in [2.05, 4.69) is 9.97 Å². The van der Waals surface area contributed by atoms with E-state index in [4.69, 9.17) is 0 Å². The molecule has 5 nitrogen and oxygen atoms in total. The number of hydrogen-bond acceptors (Lipinski definition) is 3. The molecular formula is C13H10N2O3S. The van der Waals surface area contributed by atoms with Crippen LogP contribution >= 0.6 is 0 Å². The molecule has 6 heteroatoms. The summed E-state index contributed by atoms with van der Waals surface area (Å²) in [5, 5.41) is 0. The smallest absolute Gasteiger partial charge is 0.296 e. The molecule has 0 saturated carbocycles. The third kappa shape index (κ3) is 2.11. The molecule has 0 spiro atoms. The summed E-state index contributed by atoms with van der Waals surface area (Å²) in [6, 6.07) is 13.9. The van der Waals surface area contributed by atoms with Gasteiger partial charge in [-0.25, -0.2) is 4.98 Å².